The number of hydrogen-bond donors (Lipinski definition) is 1. The number of benzene rings is 1. The van der Waals surface area contributed by atoms with Gasteiger partial charge in [0.1, 0.15) is 5.82 Å². The van der Waals surface area contributed by atoms with E-state index in [1.807, 2.05) is 0 Å². The molecule has 1 atom stereocenters. The zero-order valence-corrected chi connectivity index (χ0v) is 11.6. The lowest BCUT2D eigenvalue weighted by molar-refractivity contribution is -0.387. The van der Waals surface area contributed by atoms with Gasteiger partial charge in [-0.2, -0.15) is 4.39 Å². The molecule has 0 aromatic heterocycles. The summed E-state index contributed by atoms with van der Waals surface area (Å²) < 4.78 is 27.0. The van der Waals surface area contributed by atoms with Gasteiger partial charge in [-0.15, -0.1) is 0 Å². The molecule has 1 aromatic rings. The molecule has 1 fully saturated rings. The van der Waals surface area contributed by atoms with Crippen molar-refractivity contribution < 1.29 is 13.7 Å². The van der Waals surface area contributed by atoms with E-state index < -0.39 is 22.2 Å². The molecule has 0 spiro atoms. The van der Waals surface area contributed by atoms with Gasteiger partial charge < -0.3 is 5.32 Å². The van der Waals surface area contributed by atoms with E-state index in [-0.39, 0.29) is 17.1 Å². The number of halogens is 2. The number of rotatable bonds is 3. The molecule has 1 N–H and O–H groups in total. The number of anilines is 1. The van der Waals surface area contributed by atoms with Gasteiger partial charge in [0.2, 0.25) is 5.82 Å². The molecular weight excluding hydrogens is 266 g/mol. The van der Waals surface area contributed by atoms with E-state index in [0.29, 0.717) is 6.07 Å². The van der Waals surface area contributed by atoms with E-state index in [9.17, 15) is 18.9 Å². The molecule has 0 radical (unpaired) electrons. The number of nitro groups is 1. The van der Waals surface area contributed by atoms with Crippen molar-refractivity contribution in [3.63, 3.8) is 0 Å². The van der Waals surface area contributed by atoms with Gasteiger partial charge in [-0.1, -0.05) is 20.3 Å². The monoisotopic (exact) mass is 284 g/mol. The van der Waals surface area contributed by atoms with Crippen molar-refractivity contribution >= 4 is 11.4 Å². The molecule has 1 aromatic carbocycles. The minimum Gasteiger partial charge on any atom is -0.380 e. The maximum Gasteiger partial charge on any atom is 0.307 e. The average molecular weight is 284 g/mol. The first-order chi connectivity index (χ1) is 9.28. The lowest BCUT2D eigenvalue weighted by Crippen LogP contribution is -2.32. The largest absolute Gasteiger partial charge is 0.380 e. The van der Waals surface area contributed by atoms with E-state index in [0.717, 1.165) is 31.7 Å². The molecule has 1 aliphatic rings. The quantitative estimate of drug-likeness (QED) is 0.666. The third-order valence-electron chi connectivity index (χ3n) is 3.80. The normalized spacial score (nSPS) is 21.5. The van der Waals surface area contributed by atoms with Crippen LogP contribution < -0.4 is 5.32 Å². The summed E-state index contributed by atoms with van der Waals surface area (Å²) in [5, 5.41) is 13.7. The summed E-state index contributed by atoms with van der Waals surface area (Å²) in [6.07, 6.45) is 3.87. The molecule has 0 saturated heterocycles. The van der Waals surface area contributed by atoms with Crippen LogP contribution >= 0.6 is 0 Å². The fourth-order valence-electron chi connectivity index (χ4n) is 2.83. The average Bonchev–Trinajstić information content (AvgIpc) is 2.31. The third-order valence-corrected chi connectivity index (χ3v) is 3.80. The van der Waals surface area contributed by atoms with Gasteiger partial charge in [-0.3, -0.25) is 10.1 Å². The summed E-state index contributed by atoms with van der Waals surface area (Å²) in [6.45, 7) is 4.29. The predicted octanol–water partition coefficient (Wildman–Crippen LogP) is 4.25. The highest BCUT2D eigenvalue weighted by Crippen LogP contribution is 2.37. The summed E-state index contributed by atoms with van der Waals surface area (Å²) in [4.78, 5) is 9.85. The van der Waals surface area contributed by atoms with Gasteiger partial charge >= 0.3 is 5.69 Å². The minimum atomic E-state index is -1.15. The molecule has 1 aliphatic carbocycles. The Morgan fingerprint density at radius 3 is 2.65 bits per heavy atom. The fourth-order valence-corrected chi connectivity index (χ4v) is 2.83. The Morgan fingerprint density at radius 1 is 1.35 bits per heavy atom. The van der Waals surface area contributed by atoms with Crippen molar-refractivity contribution in [1.82, 2.24) is 0 Å². The molecular formula is C14H18F2N2O2. The molecule has 4 nitrogen and oxygen atoms in total. The number of nitrogens with zero attached hydrogens (tertiary/aromatic N) is 1. The van der Waals surface area contributed by atoms with Gasteiger partial charge in [0.15, 0.2) is 0 Å². The Morgan fingerprint density at radius 2 is 2.05 bits per heavy atom. The maximum absolute atomic E-state index is 13.7. The lowest BCUT2D eigenvalue weighted by atomic mass is 9.75. The Hall–Kier alpha value is -1.72. The van der Waals surface area contributed by atoms with Gasteiger partial charge in [-0.25, -0.2) is 4.39 Å². The first-order valence-corrected chi connectivity index (χ1v) is 6.68. The number of nitro benzene ring substituents is 1. The molecule has 6 heteroatoms. The summed E-state index contributed by atoms with van der Waals surface area (Å²) in [7, 11) is 0. The Kier molecular flexibility index (Phi) is 3.92. The molecule has 20 heavy (non-hydrogen) atoms. The van der Waals surface area contributed by atoms with Crippen LogP contribution in [0.2, 0.25) is 0 Å². The van der Waals surface area contributed by atoms with Crippen molar-refractivity contribution in [3.8, 4) is 0 Å². The Labute approximate surface area is 116 Å². The van der Waals surface area contributed by atoms with Gasteiger partial charge in [0.05, 0.1) is 10.6 Å². The molecule has 1 saturated carbocycles. The highest BCUT2D eigenvalue weighted by atomic mass is 19.1. The lowest BCUT2D eigenvalue weighted by Gasteiger charge is -2.36. The molecule has 0 bridgehead atoms. The molecule has 1 unspecified atom stereocenters. The van der Waals surface area contributed by atoms with E-state index in [1.54, 1.807) is 0 Å². The van der Waals surface area contributed by atoms with Crippen LogP contribution in [0.5, 0.6) is 0 Å². The molecule has 110 valence electrons. The smallest absolute Gasteiger partial charge is 0.307 e. The van der Waals surface area contributed by atoms with Crippen LogP contribution in [0.15, 0.2) is 12.1 Å². The Balaban J connectivity index is 2.21. The first-order valence-electron chi connectivity index (χ1n) is 6.68. The minimum absolute atomic E-state index is 0.000741. The van der Waals surface area contributed by atoms with Gasteiger partial charge in [-0.05, 0) is 24.7 Å². The molecule has 0 amide bonds. The third kappa shape index (κ3) is 3.23. The Bertz CT molecular complexity index is 532. The maximum atomic E-state index is 13.7. The number of hydrogen-bond acceptors (Lipinski definition) is 3. The summed E-state index contributed by atoms with van der Waals surface area (Å²) in [5.41, 5.74) is -0.539. The van der Waals surface area contributed by atoms with Crippen molar-refractivity contribution in [2.75, 3.05) is 5.32 Å². The van der Waals surface area contributed by atoms with Crippen molar-refractivity contribution in [1.29, 1.82) is 0 Å². The standard InChI is InChI=1S/C14H18F2N2O2/c1-14(2)5-3-4-9(8-14)17-12-7-13(18(19)20)11(16)6-10(12)15/h6-7,9,17H,3-5,8H2,1-2H3. The van der Waals surface area contributed by atoms with Crippen molar-refractivity contribution in [2.45, 2.75) is 45.6 Å². The zero-order valence-electron chi connectivity index (χ0n) is 11.6. The highest BCUT2D eigenvalue weighted by molar-refractivity contribution is 5.53. The van der Waals surface area contributed by atoms with Crippen LogP contribution in [-0.2, 0) is 0 Å². The van der Waals surface area contributed by atoms with Crippen LogP contribution in [0.3, 0.4) is 0 Å². The highest BCUT2D eigenvalue weighted by Gasteiger charge is 2.29. The van der Waals surface area contributed by atoms with E-state index in [2.05, 4.69) is 19.2 Å². The summed E-state index contributed by atoms with van der Waals surface area (Å²) in [6, 6.07) is 1.55. The van der Waals surface area contributed by atoms with Crippen molar-refractivity contribution in [2.24, 2.45) is 5.41 Å². The van der Waals surface area contributed by atoms with E-state index >= 15 is 0 Å². The van der Waals surface area contributed by atoms with Crippen molar-refractivity contribution in [3.05, 3.63) is 33.9 Å². The molecule has 0 heterocycles. The van der Waals surface area contributed by atoms with Crippen LogP contribution in [0.25, 0.3) is 0 Å². The van der Waals surface area contributed by atoms with Crippen LogP contribution in [-0.4, -0.2) is 11.0 Å². The summed E-state index contributed by atoms with van der Waals surface area (Å²) in [5.74, 6) is -1.95. The van der Waals surface area contributed by atoms with E-state index in [4.69, 9.17) is 0 Å². The predicted molar refractivity (Wildman–Crippen MR) is 72.7 cm³/mol. The SMILES string of the molecule is CC1(C)CCCC(Nc2cc([N+](=O)[O-])c(F)cc2F)C1. The number of nitrogens with one attached hydrogen (secondary N) is 1. The second-order valence-corrected chi connectivity index (χ2v) is 6.14. The molecule has 0 aliphatic heterocycles. The van der Waals surface area contributed by atoms with Crippen LogP contribution in [0.4, 0.5) is 20.2 Å². The fraction of sp³-hybridized carbons (Fsp3) is 0.571. The topological polar surface area (TPSA) is 55.2 Å². The van der Waals surface area contributed by atoms with Crippen LogP contribution in [0.1, 0.15) is 39.5 Å². The van der Waals surface area contributed by atoms with Gasteiger partial charge in [0, 0.05) is 18.2 Å². The van der Waals surface area contributed by atoms with Gasteiger partial charge in [0.25, 0.3) is 0 Å². The second-order valence-electron chi connectivity index (χ2n) is 6.14. The second kappa shape index (κ2) is 5.34. The summed E-state index contributed by atoms with van der Waals surface area (Å²) >= 11 is 0. The van der Waals surface area contributed by atoms with E-state index in [1.165, 1.54) is 0 Å². The molecule has 2 rings (SSSR count). The van der Waals surface area contributed by atoms with Crippen LogP contribution in [0, 0.1) is 27.2 Å². The first kappa shape index (κ1) is 14.7. The zero-order chi connectivity index (χ0) is 14.9.